The lowest BCUT2D eigenvalue weighted by atomic mass is 10.2. The van der Waals surface area contributed by atoms with Crippen LogP contribution in [0.25, 0.3) is 5.69 Å². The number of aromatic nitrogens is 2. The van der Waals surface area contributed by atoms with Crippen molar-refractivity contribution in [2.24, 2.45) is 0 Å². The Morgan fingerprint density at radius 2 is 2.10 bits per heavy atom. The number of H-pyrrole nitrogens is 1. The van der Waals surface area contributed by atoms with Gasteiger partial charge in [-0.3, -0.25) is 19.9 Å². The van der Waals surface area contributed by atoms with Crippen molar-refractivity contribution in [3.63, 3.8) is 0 Å². The SMILES string of the molecule is CCc1c(Cl)[nH]c(=O)n(-c2ccc([N+](=O)[O-])c(F)c2)c1=O. The summed E-state index contributed by atoms with van der Waals surface area (Å²) in [6.07, 6.45) is 0.268. The van der Waals surface area contributed by atoms with Gasteiger partial charge in [-0.15, -0.1) is 0 Å². The smallest absolute Gasteiger partial charge is 0.297 e. The molecule has 0 aliphatic rings. The second-order valence-corrected chi connectivity index (χ2v) is 4.49. The molecule has 0 radical (unpaired) electrons. The van der Waals surface area contributed by atoms with Gasteiger partial charge in [-0.2, -0.15) is 4.39 Å². The van der Waals surface area contributed by atoms with Gasteiger partial charge < -0.3 is 0 Å². The fraction of sp³-hybridized carbons (Fsp3) is 0.167. The third kappa shape index (κ3) is 2.57. The Kier molecular flexibility index (Phi) is 3.90. The van der Waals surface area contributed by atoms with Gasteiger partial charge in [0.05, 0.1) is 16.2 Å². The highest BCUT2D eigenvalue weighted by molar-refractivity contribution is 6.30. The summed E-state index contributed by atoms with van der Waals surface area (Å²) >= 11 is 5.76. The fourth-order valence-electron chi connectivity index (χ4n) is 1.87. The average molecular weight is 314 g/mol. The minimum absolute atomic E-state index is 0.0777. The first-order chi connectivity index (χ1) is 9.86. The molecule has 0 bridgehead atoms. The molecule has 7 nitrogen and oxygen atoms in total. The molecule has 9 heteroatoms. The summed E-state index contributed by atoms with van der Waals surface area (Å²) < 4.78 is 14.3. The Hall–Kier alpha value is -2.48. The van der Waals surface area contributed by atoms with Crippen molar-refractivity contribution in [2.45, 2.75) is 13.3 Å². The number of nitro benzene ring substituents is 1. The quantitative estimate of drug-likeness (QED) is 0.530. The molecule has 1 N–H and O–H groups in total. The number of nitrogens with one attached hydrogen (secondary N) is 1. The molecular formula is C12H9ClFN3O4. The highest BCUT2D eigenvalue weighted by Crippen LogP contribution is 2.19. The molecule has 2 aromatic rings. The first kappa shape index (κ1) is 14.9. The lowest BCUT2D eigenvalue weighted by Gasteiger charge is -2.08. The summed E-state index contributed by atoms with van der Waals surface area (Å²) in [6.45, 7) is 1.67. The van der Waals surface area contributed by atoms with Gasteiger partial charge >= 0.3 is 11.4 Å². The van der Waals surface area contributed by atoms with Crippen LogP contribution in [0, 0.1) is 15.9 Å². The van der Waals surface area contributed by atoms with E-state index in [4.69, 9.17) is 11.6 Å². The number of rotatable bonds is 3. The van der Waals surface area contributed by atoms with E-state index in [0.717, 1.165) is 18.2 Å². The van der Waals surface area contributed by atoms with Crippen LogP contribution in [-0.2, 0) is 6.42 Å². The Labute approximate surface area is 121 Å². The van der Waals surface area contributed by atoms with Crippen molar-refractivity contribution in [1.82, 2.24) is 9.55 Å². The van der Waals surface area contributed by atoms with Crippen LogP contribution in [0.5, 0.6) is 0 Å². The van der Waals surface area contributed by atoms with Gasteiger partial charge in [0.1, 0.15) is 5.15 Å². The molecule has 0 unspecified atom stereocenters. The normalized spacial score (nSPS) is 10.6. The maximum Gasteiger partial charge on any atom is 0.334 e. The summed E-state index contributed by atoms with van der Waals surface area (Å²) in [6, 6.07) is 2.75. The van der Waals surface area contributed by atoms with E-state index in [9.17, 15) is 24.1 Å². The molecule has 0 saturated carbocycles. The second kappa shape index (κ2) is 5.49. The van der Waals surface area contributed by atoms with Gasteiger partial charge in [0.25, 0.3) is 5.56 Å². The molecule has 0 aliphatic carbocycles. The van der Waals surface area contributed by atoms with Crippen molar-refractivity contribution in [2.75, 3.05) is 0 Å². The summed E-state index contributed by atoms with van der Waals surface area (Å²) in [5.41, 5.74) is -2.24. The van der Waals surface area contributed by atoms with E-state index in [0.29, 0.717) is 4.57 Å². The number of hydrogen-bond acceptors (Lipinski definition) is 4. The Morgan fingerprint density at radius 3 is 2.62 bits per heavy atom. The van der Waals surface area contributed by atoms with Crippen LogP contribution in [0.3, 0.4) is 0 Å². The lowest BCUT2D eigenvalue weighted by Crippen LogP contribution is -2.36. The highest BCUT2D eigenvalue weighted by atomic mass is 35.5. The second-order valence-electron chi connectivity index (χ2n) is 4.11. The van der Waals surface area contributed by atoms with Crippen LogP contribution in [0.1, 0.15) is 12.5 Å². The van der Waals surface area contributed by atoms with Crippen LogP contribution in [0.15, 0.2) is 27.8 Å². The molecule has 0 amide bonds. The summed E-state index contributed by atoms with van der Waals surface area (Å²) in [5, 5.41) is 10.5. The maximum absolute atomic E-state index is 13.6. The van der Waals surface area contributed by atoms with Crippen molar-refractivity contribution >= 4 is 17.3 Å². The standard InChI is InChI=1S/C12H9ClFN3O4/c1-2-7-10(13)15-12(19)16(11(7)18)6-3-4-9(17(20)21)8(14)5-6/h3-5H,2H2,1H3,(H,15,19). The number of benzene rings is 1. The Morgan fingerprint density at radius 1 is 1.43 bits per heavy atom. The van der Waals surface area contributed by atoms with Crippen LogP contribution >= 0.6 is 11.6 Å². The van der Waals surface area contributed by atoms with Crippen molar-refractivity contribution in [1.29, 1.82) is 0 Å². The van der Waals surface area contributed by atoms with Crippen LogP contribution in [0.4, 0.5) is 10.1 Å². The maximum atomic E-state index is 13.6. The van der Waals surface area contributed by atoms with Gasteiger partial charge in [0.2, 0.25) is 5.82 Å². The van der Waals surface area contributed by atoms with Crippen LogP contribution in [-0.4, -0.2) is 14.5 Å². The number of nitro groups is 1. The molecule has 0 fully saturated rings. The summed E-state index contributed by atoms with van der Waals surface area (Å²) in [5.74, 6) is -1.14. The van der Waals surface area contributed by atoms with Gasteiger partial charge in [0.15, 0.2) is 0 Å². The van der Waals surface area contributed by atoms with E-state index in [1.54, 1.807) is 6.92 Å². The van der Waals surface area contributed by atoms with E-state index < -0.39 is 27.7 Å². The lowest BCUT2D eigenvalue weighted by molar-refractivity contribution is -0.387. The molecule has 2 rings (SSSR count). The zero-order chi connectivity index (χ0) is 15.7. The van der Waals surface area contributed by atoms with Crippen molar-refractivity contribution in [3.8, 4) is 5.69 Å². The minimum Gasteiger partial charge on any atom is -0.297 e. The summed E-state index contributed by atoms with van der Waals surface area (Å²) in [4.78, 5) is 35.9. The van der Waals surface area contributed by atoms with Gasteiger partial charge in [0, 0.05) is 12.1 Å². The monoisotopic (exact) mass is 313 g/mol. The van der Waals surface area contributed by atoms with E-state index in [1.165, 1.54) is 0 Å². The van der Waals surface area contributed by atoms with E-state index in [1.807, 2.05) is 0 Å². The zero-order valence-electron chi connectivity index (χ0n) is 10.7. The molecule has 1 aromatic heterocycles. The van der Waals surface area contributed by atoms with Gasteiger partial charge in [-0.1, -0.05) is 18.5 Å². The topological polar surface area (TPSA) is 98.0 Å². The molecule has 110 valence electrons. The average Bonchev–Trinajstić information content (AvgIpc) is 2.38. The Balaban J connectivity index is 2.74. The van der Waals surface area contributed by atoms with Crippen molar-refractivity contribution in [3.05, 3.63) is 65.7 Å². The number of hydrogen-bond donors (Lipinski definition) is 1. The first-order valence-corrected chi connectivity index (χ1v) is 6.22. The van der Waals surface area contributed by atoms with E-state index in [-0.39, 0.29) is 22.8 Å². The van der Waals surface area contributed by atoms with Gasteiger partial charge in [-0.25, -0.2) is 9.36 Å². The predicted octanol–water partition coefficient (Wildman–Crippen LogP) is 1.79. The fourth-order valence-corrected chi connectivity index (χ4v) is 2.17. The summed E-state index contributed by atoms with van der Waals surface area (Å²) in [7, 11) is 0. The van der Waals surface area contributed by atoms with Crippen LogP contribution < -0.4 is 11.2 Å². The first-order valence-electron chi connectivity index (χ1n) is 5.84. The Bertz CT molecular complexity index is 843. The van der Waals surface area contributed by atoms with E-state index in [2.05, 4.69) is 4.98 Å². The molecule has 21 heavy (non-hydrogen) atoms. The zero-order valence-corrected chi connectivity index (χ0v) is 11.5. The molecule has 1 aromatic carbocycles. The highest BCUT2D eigenvalue weighted by Gasteiger charge is 2.17. The number of nitrogens with zero attached hydrogens (tertiary/aromatic N) is 2. The minimum atomic E-state index is -1.14. The number of aromatic amines is 1. The largest absolute Gasteiger partial charge is 0.334 e. The molecule has 1 heterocycles. The molecule has 0 atom stereocenters. The van der Waals surface area contributed by atoms with Crippen LogP contribution in [0.2, 0.25) is 5.15 Å². The molecule has 0 saturated heterocycles. The molecular weight excluding hydrogens is 305 g/mol. The van der Waals surface area contributed by atoms with Crippen molar-refractivity contribution < 1.29 is 9.31 Å². The third-order valence-corrected chi connectivity index (χ3v) is 3.21. The van der Waals surface area contributed by atoms with E-state index >= 15 is 0 Å². The predicted molar refractivity (Wildman–Crippen MR) is 73.7 cm³/mol. The molecule has 0 spiro atoms. The van der Waals surface area contributed by atoms with Gasteiger partial charge in [-0.05, 0) is 12.5 Å². The number of halogens is 2. The molecule has 0 aliphatic heterocycles. The third-order valence-electron chi connectivity index (χ3n) is 2.89.